The lowest BCUT2D eigenvalue weighted by atomic mass is 10.3. The summed E-state index contributed by atoms with van der Waals surface area (Å²) in [7, 11) is 0. The molecule has 0 N–H and O–H groups in total. The van der Waals surface area contributed by atoms with Gasteiger partial charge in [0.15, 0.2) is 0 Å². The third-order valence-corrected chi connectivity index (χ3v) is 3.23. The highest BCUT2D eigenvalue weighted by molar-refractivity contribution is 14.1. The van der Waals surface area contributed by atoms with Gasteiger partial charge in [0, 0.05) is 13.2 Å². The highest BCUT2D eigenvalue weighted by Crippen LogP contribution is 2.00. The third-order valence-electron chi connectivity index (χ3n) is 1.50. The number of nitrogens with zero attached hydrogens (tertiary/aromatic N) is 1. The maximum atomic E-state index is 5.34. The van der Waals surface area contributed by atoms with Crippen molar-refractivity contribution in [3.05, 3.63) is 0 Å². The Morgan fingerprint density at radius 1 is 1.25 bits per heavy atom. The molecule has 0 amide bonds. The van der Waals surface area contributed by atoms with Crippen LogP contribution in [0.4, 0.5) is 0 Å². The van der Waals surface area contributed by atoms with E-state index < -0.39 is 0 Å². The number of rotatable bonds is 8. The molecule has 0 spiro atoms. The fraction of sp³-hybridized carbons (Fsp3) is 1.00. The Balaban J connectivity index is 3.26. The zero-order valence-corrected chi connectivity index (χ0v) is 11.9. The van der Waals surface area contributed by atoms with Crippen LogP contribution in [0.15, 0.2) is 0 Å². The van der Waals surface area contributed by atoms with Crippen molar-refractivity contribution in [2.45, 2.75) is 19.8 Å². The Hall–Kier alpha value is 1.38. The molecule has 2 nitrogen and oxygen atoms in total. The first-order valence-corrected chi connectivity index (χ1v) is 7.32. The molecule has 0 aromatic carbocycles. The van der Waals surface area contributed by atoms with Crippen LogP contribution < -0.4 is 0 Å². The van der Waals surface area contributed by atoms with Crippen molar-refractivity contribution in [1.82, 2.24) is 4.90 Å². The second kappa shape index (κ2) is 10.5. The number of ether oxygens (including phenoxy) is 1. The van der Waals surface area contributed by atoms with Gasteiger partial charge in [-0.25, -0.2) is 0 Å². The standard InChI is InChI=1S/C8H17I2NO/c1-2-12-8-11(7-10)6-4-3-5-9/h2-8H2,1H3. The van der Waals surface area contributed by atoms with Crippen molar-refractivity contribution in [3.8, 4) is 0 Å². The van der Waals surface area contributed by atoms with E-state index in [0.29, 0.717) is 0 Å². The van der Waals surface area contributed by atoms with Crippen LogP contribution in [0.3, 0.4) is 0 Å². The van der Waals surface area contributed by atoms with Crippen LogP contribution in [0.5, 0.6) is 0 Å². The predicted molar refractivity (Wildman–Crippen MR) is 70.2 cm³/mol. The summed E-state index contributed by atoms with van der Waals surface area (Å²) in [4.78, 5) is 2.33. The normalized spacial score (nSPS) is 11.0. The van der Waals surface area contributed by atoms with E-state index in [-0.39, 0.29) is 0 Å². The van der Waals surface area contributed by atoms with Gasteiger partial charge in [0.1, 0.15) is 0 Å². The topological polar surface area (TPSA) is 12.5 Å². The summed E-state index contributed by atoms with van der Waals surface area (Å²) >= 11 is 4.81. The number of unbranched alkanes of at least 4 members (excludes halogenated alkanes) is 1. The van der Waals surface area contributed by atoms with Gasteiger partial charge in [0.25, 0.3) is 0 Å². The molecule has 0 radical (unpaired) electrons. The number of hydrogen-bond donors (Lipinski definition) is 0. The van der Waals surface area contributed by atoms with E-state index in [4.69, 9.17) is 4.74 Å². The summed E-state index contributed by atoms with van der Waals surface area (Å²) in [5.41, 5.74) is 0. The number of halogens is 2. The van der Waals surface area contributed by atoms with E-state index in [2.05, 4.69) is 50.1 Å². The van der Waals surface area contributed by atoms with Gasteiger partial charge in [-0.05, 0) is 24.2 Å². The molecule has 12 heavy (non-hydrogen) atoms. The second-order valence-electron chi connectivity index (χ2n) is 2.53. The molecule has 0 fully saturated rings. The van der Waals surface area contributed by atoms with Gasteiger partial charge in [-0.15, -0.1) is 0 Å². The first-order chi connectivity index (χ1) is 5.85. The average molecular weight is 397 g/mol. The molecule has 4 heteroatoms. The van der Waals surface area contributed by atoms with E-state index >= 15 is 0 Å². The minimum Gasteiger partial charge on any atom is -0.366 e. The highest BCUT2D eigenvalue weighted by atomic mass is 127. The minimum absolute atomic E-state index is 0.792. The van der Waals surface area contributed by atoms with Gasteiger partial charge < -0.3 is 4.74 Å². The lowest BCUT2D eigenvalue weighted by Crippen LogP contribution is -2.26. The fourth-order valence-corrected chi connectivity index (χ4v) is 1.89. The Kier molecular flexibility index (Phi) is 11.7. The SMILES string of the molecule is CCOCN(CI)CCCCI. The van der Waals surface area contributed by atoms with Crippen molar-refractivity contribution < 1.29 is 4.74 Å². The third kappa shape index (κ3) is 8.00. The van der Waals surface area contributed by atoms with Crippen molar-refractivity contribution in [1.29, 1.82) is 0 Å². The fourth-order valence-electron chi connectivity index (χ4n) is 0.809. The predicted octanol–water partition coefficient (Wildman–Crippen LogP) is 2.89. The van der Waals surface area contributed by atoms with Crippen molar-refractivity contribution in [2.24, 2.45) is 0 Å². The van der Waals surface area contributed by atoms with Gasteiger partial charge in [-0.2, -0.15) is 0 Å². The highest BCUT2D eigenvalue weighted by Gasteiger charge is 2.00. The lowest BCUT2D eigenvalue weighted by Gasteiger charge is -2.18. The molecule has 0 bridgehead atoms. The molecule has 0 aromatic rings. The molecular weight excluding hydrogens is 380 g/mol. The molecule has 0 saturated carbocycles. The summed E-state index contributed by atoms with van der Waals surface area (Å²) in [6.45, 7) is 4.82. The number of hydrogen-bond acceptors (Lipinski definition) is 2. The first kappa shape index (κ1) is 13.4. The van der Waals surface area contributed by atoms with Gasteiger partial charge in [-0.1, -0.05) is 45.2 Å². The summed E-state index contributed by atoms with van der Waals surface area (Å²) in [5.74, 6) is 0. The summed E-state index contributed by atoms with van der Waals surface area (Å²) in [6, 6.07) is 0. The van der Waals surface area contributed by atoms with Crippen molar-refractivity contribution >= 4 is 45.2 Å². The summed E-state index contributed by atoms with van der Waals surface area (Å²) in [5, 5.41) is 0. The van der Waals surface area contributed by atoms with E-state index in [1.54, 1.807) is 0 Å². The lowest BCUT2D eigenvalue weighted by molar-refractivity contribution is 0.0484. The van der Waals surface area contributed by atoms with Gasteiger partial charge in [0.05, 0.1) is 11.3 Å². The van der Waals surface area contributed by atoms with Crippen molar-refractivity contribution in [3.63, 3.8) is 0 Å². The second-order valence-corrected chi connectivity index (χ2v) is 4.29. The largest absolute Gasteiger partial charge is 0.366 e. The maximum absolute atomic E-state index is 5.34. The van der Waals surface area contributed by atoms with E-state index in [1.165, 1.54) is 23.8 Å². The van der Waals surface area contributed by atoms with E-state index in [0.717, 1.165) is 17.9 Å². The zero-order valence-electron chi connectivity index (χ0n) is 7.56. The van der Waals surface area contributed by atoms with Gasteiger partial charge in [-0.3, -0.25) is 4.90 Å². The Bertz CT molecular complexity index is 93.1. The molecule has 0 aliphatic carbocycles. The molecule has 74 valence electrons. The summed E-state index contributed by atoms with van der Waals surface area (Å²) in [6.07, 6.45) is 2.61. The molecule has 0 saturated heterocycles. The van der Waals surface area contributed by atoms with E-state index in [9.17, 15) is 0 Å². The number of alkyl halides is 2. The average Bonchev–Trinajstić information content (AvgIpc) is 2.11. The summed E-state index contributed by atoms with van der Waals surface area (Å²) < 4.78 is 7.67. The van der Waals surface area contributed by atoms with E-state index in [1.807, 2.05) is 6.92 Å². The van der Waals surface area contributed by atoms with Crippen LogP contribution in [-0.2, 0) is 4.74 Å². The smallest absolute Gasteiger partial charge is 0.0996 e. The monoisotopic (exact) mass is 397 g/mol. The minimum atomic E-state index is 0.792. The van der Waals surface area contributed by atoms with Crippen LogP contribution >= 0.6 is 45.2 Å². The van der Waals surface area contributed by atoms with Crippen molar-refractivity contribution in [2.75, 3.05) is 28.9 Å². The molecular formula is C8H17I2NO. The molecule has 0 aliphatic rings. The van der Waals surface area contributed by atoms with Crippen LogP contribution in [0.2, 0.25) is 0 Å². The van der Waals surface area contributed by atoms with Gasteiger partial charge >= 0.3 is 0 Å². The first-order valence-electron chi connectivity index (χ1n) is 4.27. The van der Waals surface area contributed by atoms with Crippen LogP contribution in [0.25, 0.3) is 0 Å². The molecule has 0 rings (SSSR count). The Morgan fingerprint density at radius 3 is 2.50 bits per heavy atom. The Labute approximate surface area is 103 Å². The molecule has 0 unspecified atom stereocenters. The van der Waals surface area contributed by atoms with Crippen LogP contribution in [0, 0.1) is 0 Å². The molecule has 0 aromatic heterocycles. The molecule has 0 atom stereocenters. The quantitative estimate of drug-likeness (QED) is 0.206. The zero-order chi connectivity index (χ0) is 9.23. The molecule has 0 heterocycles. The van der Waals surface area contributed by atoms with Crippen LogP contribution in [0.1, 0.15) is 19.8 Å². The van der Waals surface area contributed by atoms with Crippen LogP contribution in [-0.4, -0.2) is 33.8 Å². The Morgan fingerprint density at radius 2 is 2.00 bits per heavy atom. The maximum Gasteiger partial charge on any atom is 0.0996 e. The molecule has 0 aliphatic heterocycles. The van der Waals surface area contributed by atoms with Gasteiger partial charge in [0.2, 0.25) is 0 Å².